The van der Waals surface area contributed by atoms with E-state index in [9.17, 15) is 4.79 Å². The summed E-state index contributed by atoms with van der Waals surface area (Å²) in [6, 6.07) is 3.34. The summed E-state index contributed by atoms with van der Waals surface area (Å²) in [4.78, 5) is 15.6. The highest BCUT2D eigenvalue weighted by atomic mass is 35.5. The van der Waals surface area contributed by atoms with Crippen molar-refractivity contribution in [2.45, 2.75) is 32.9 Å². The van der Waals surface area contributed by atoms with Crippen molar-refractivity contribution in [3.63, 3.8) is 0 Å². The first-order valence-corrected chi connectivity index (χ1v) is 5.51. The Labute approximate surface area is 121 Å². The van der Waals surface area contributed by atoms with E-state index in [4.69, 9.17) is 5.73 Å². The van der Waals surface area contributed by atoms with E-state index >= 15 is 0 Å². The molecular weight excluding hydrogens is 273 g/mol. The second kappa shape index (κ2) is 10.1. The van der Waals surface area contributed by atoms with Gasteiger partial charge in [-0.25, -0.2) is 0 Å². The molecule has 0 aliphatic carbocycles. The number of nitrogens with one attached hydrogen (secondary N) is 1. The number of nitrogens with two attached hydrogens (primary N) is 1. The topological polar surface area (TPSA) is 68.0 Å². The number of hydrogen-bond donors (Lipinski definition) is 2. The van der Waals surface area contributed by atoms with Gasteiger partial charge >= 0.3 is 0 Å². The van der Waals surface area contributed by atoms with Crippen LogP contribution in [0, 0.1) is 5.92 Å². The standard InChI is InChI=1S/C12H19N3O.2ClH/c1-9(2)6-11(13)12(16)15-8-10-4-3-5-14-7-10;;/h3-5,7,9,11H,6,8,13H2,1-2H3,(H,15,16);2*1H/t11-;;/m0../s1. The van der Waals surface area contributed by atoms with Crippen molar-refractivity contribution < 1.29 is 4.79 Å². The molecule has 6 heteroatoms. The maximum atomic E-state index is 11.6. The van der Waals surface area contributed by atoms with Crippen LogP contribution in [0.3, 0.4) is 0 Å². The maximum Gasteiger partial charge on any atom is 0.237 e. The average molecular weight is 294 g/mol. The molecule has 3 N–H and O–H groups in total. The SMILES string of the molecule is CC(C)C[C@H](N)C(=O)NCc1cccnc1.Cl.Cl. The molecule has 0 radical (unpaired) electrons. The summed E-state index contributed by atoms with van der Waals surface area (Å²) in [5.41, 5.74) is 6.73. The van der Waals surface area contributed by atoms with Gasteiger partial charge in [-0.05, 0) is 24.0 Å². The Hall–Kier alpha value is -0.840. The highest BCUT2D eigenvalue weighted by Crippen LogP contribution is 2.03. The van der Waals surface area contributed by atoms with E-state index in [-0.39, 0.29) is 30.7 Å². The molecule has 0 saturated carbocycles. The van der Waals surface area contributed by atoms with Gasteiger partial charge in [0.25, 0.3) is 0 Å². The first-order chi connectivity index (χ1) is 7.59. The highest BCUT2D eigenvalue weighted by Gasteiger charge is 2.14. The van der Waals surface area contributed by atoms with Gasteiger partial charge in [-0.3, -0.25) is 9.78 Å². The van der Waals surface area contributed by atoms with Gasteiger partial charge in [0, 0.05) is 18.9 Å². The van der Waals surface area contributed by atoms with Crippen LogP contribution in [0.25, 0.3) is 0 Å². The zero-order valence-electron chi connectivity index (χ0n) is 10.6. The molecule has 18 heavy (non-hydrogen) atoms. The molecule has 1 atom stereocenters. The molecule has 0 bridgehead atoms. The molecule has 0 aliphatic heterocycles. The van der Waals surface area contributed by atoms with Crippen molar-refractivity contribution in [3.05, 3.63) is 30.1 Å². The third-order valence-corrected chi connectivity index (χ3v) is 2.25. The molecule has 1 rings (SSSR count). The molecule has 104 valence electrons. The summed E-state index contributed by atoms with van der Waals surface area (Å²) < 4.78 is 0. The fraction of sp³-hybridized carbons (Fsp3) is 0.500. The minimum absolute atomic E-state index is 0. The Morgan fingerprint density at radius 3 is 2.61 bits per heavy atom. The van der Waals surface area contributed by atoms with Crippen molar-refractivity contribution >= 4 is 30.7 Å². The number of carbonyl (C=O) groups is 1. The fourth-order valence-electron chi connectivity index (χ4n) is 1.44. The molecule has 1 aromatic heterocycles. The third kappa shape index (κ3) is 7.48. The Balaban J connectivity index is 0. The van der Waals surface area contributed by atoms with Crippen LogP contribution in [0.15, 0.2) is 24.5 Å². The lowest BCUT2D eigenvalue weighted by Gasteiger charge is -2.13. The average Bonchev–Trinajstić information content (AvgIpc) is 2.26. The zero-order valence-corrected chi connectivity index (χ0v) is 12.3. The predicted octanol–water partition coefficient (Wildman–Crippen LogP) is 1.91. The molecule has 0 unspecified atom stereocenters. The van der Waals surface area contributed by atoms with E-state index in [1.807, 2.05) is 26.0 Å². The maximum absolute atomic E-state index is 11.6. The van der Waals surface area contributed by atoms with E-state index in [1.54, 1.807) is 12.4 Å². The van der Waals surface area contributed by atoms with Crippen LogP contribution in [0.2, 0.25) is 0 Å². The molecule has 0 aromatic carbocycles. The van der Waals surface area contributed by atoms with E-state index in [1.165, 1.54) is 0 Å². The molecule has 0 spiro atoms. The van der Waals surface area contributed by atoms with Crippen LogP contribution in [0.5, 0.6) is 0 Å². The van der Waals surface area contributed by atoms with Crippen LogP contribution in [-0.2, 0) is 11.3 Å². The van der Waals surface area contributed by atoms with Gasteiger partial charge in [-0.1, -0.05) is 19.9 Å². The lowest BCUT2D eigenvalue weighted by Crippen LogP contribution is -2.41. The van der Waals surface area contributed by atoms with Gasteiger partial charge in [0.15, 0.2) is 0 Å². The monoisotopic (exact) mass is 293 g/mol. The minimum Gasteiger partial charge on any atom is -0.351 e. The van der Waals surface area contributed by atoms with Gasteiger partial charge in [-0.15, -0.1) is 24.8 Å². The largest absolute Gasteiger partial charge is 0.351 e. The second-order valence-corrected chi connectivity index (χ2v) is 4.32. The summed E-state index contributed by atoms with van der Waals surface area (Å²) in [5.74, 6) is 0.330. The molecular formula is C12H21Cl2N3O. The number of pyridine rings is 1. The number of rotatable bonds is 5. The second-order valence-electron chi connectivity index (χ2n) is 4.32. The normalized spacial score (nSPS) is 11.1. The molecule has 0 fully saturated rings. The summed E-state index contributed by atoms with van der Waals surface area (Å²) in [5, 5.41) is 2.80. The fourth-order valence-corrected chi connectivity index (χ4v) is 1.44. The van der Waals surface area contributed by atoms with E-state index in [2.05, 4.69) is 10.3 Å². The number of nitrogens with zero attached hydrogens (tertiary/aromatic N) is 1. The molecule has 1 aromatic rings. The zero-order chi connectivity index (χ0) is 12.0. The van der Waals surface area contributed by atoms with Crippen molar-refractivity contribution in [1.29, 1.82) is 0 Å². The summed E-state index contributed by atoms with van der Waals surface area (Å²) in [7, 11) is 0. The Morgan fingerprint density at radius 2 is 2.11 bits per heavy atom. The van der Waals surface area contributed by atoms with Gasteiger partial charge in [0.05, 0.1) is 6.04 Å². The van der Waals surface area contributed by atoms with Crippen LogP contribution >= 0.6 is 24.8 Å². The Morgan fingerprint density at radius 1 is 1.44 bits per heavy atom. The number of halogens is 2. The number of aromatic nitrogens is 1. The van der Waals surface area contributed by atoms with Gasteiger partial charge in [0.1, 0.15) is 0 Å². The molecule has 1 amide bonds. The van der Waals surface area contributed by atoms with Gasteiger partial charge in [-0.2, -0.15) is 0 Å². The van der Waals surface area contributed by atoms with Gasteiger partial charge in [0.2, 0.25) is 5.91 Å². The summed E-state index contributed by atoms with van der Waals surface area (Å²) in [6.45, 7) is 4.58. The van der Waals surface area contributed by atoms with Crippen LogP contribution in [0.1, 0.15) is 25.8 Å². The Bertz CT molecular complexity index is 333. The van der Waals surface area contributed by atoms with Crippen LogP contribution < -0.4 is 11.1 Å². The molecule has 0 aliphatic rings. The number of amides is 1. The Kier molecular flexibility index (Phi) is 11.0. The van der Waals surface area contributed by atoms with Crippen LogP contribution in [-0.4, -0.2) is 16.9 Å². The first-order valence-electron chi connectivity index (χ1n) is 5.51. The summed E-state index contributed by atoms with van der Waals surface area (Å²) >= 11 is 0. The van der Waals surface area contributed by atoms with E-state index in [0.29, 0.717) is 18.9 Å². The van der Waals surface area contributed by atoms with Crippen molar-refractivity contribution in [2.24, 2.45) is 11.7 Å². The lowest BCUT2D eigenvalue weighted by molar-refractivity contribution is -0.122. The van der Waals surface area contributed by atoms with E-state index in [0.717, 1.165) is 5.56 Å². The quantitative estimate of drug-likeness (QED) is 0.871. The van der Waals surface area contributed by atoms with Crippen molar-refractivity contribution in [1.82, 2.24) is 10.3 Å². The molecule has 1 heterocycles. The predicted molar refractivity (Wildman–Crippen MR) is 78.0 cm³/mol. The lowest BCUT2D eigenvalue weighted by atomic mass is 10.0. The number of hydrogen-bond acceptors (Lipinski definition) is 3. The van der Waals surface area contributed by atoms with E-state index < -0.39 is 6.04 Å². The molecule has 0 saturated heterocycles. The molecule has 4 nitrogen and oxygen atoms in total. The summed E-state index contributed by atoms with van der Waals surface area (Å²) in [6.07, 6.45) is 4.14. The highest BCUT2D eigenvalue weighted by molar-refractivity contribution is 5.85. The minimum atomic E-state index is -0.420. The van der Waals surface area contributed by atoms with Gasteiger partial charge < -0.3 is 11.1 Å². The third-order valence-electron chi connectivity index (χ3n) is 2.25. The number of carbonyl (C=O) groups excluding carboxylic acids is 1. The smallest absolute Gasteiger partial charge is 0.237 e. The van der Waals surface area contributed by atoms with Crippen molar-refractivity contribution in [2.75, 3.05) is 0 Å². The van der Waals surface area contributed by atoms with Crippen molar-refractivity contribution in [3.8, 4) is 0 Å². The van der Waals surface area contributed by atoms with Crippen LogP contribution in [0.4, 0.5) is 0 Å². The first kappa shape index (κ1) is 19.5.